The molecule has 0 saturated heterocycles. The molecule has 0 fully saturated rings. The topological polar surface area (TPSA) is 68.5 Å². The number of nitrogens with zero attached hydrogens (tertiary/aromatic N) is 3. The van der Waals surface area contributed by atoms with Gasteiger partial charge < -0.3 is 18.8 Å². The average Bonchev–Trinajstić information content (AvgIpc) is 3.74. The van der Waals surface area contributed by atoms with Gasteiger partial charge in [-0.05, 0) is 68.7 Å². The van der Waals surface area contributed by atoms with Gasteiger partial charge in [-0.3, -0.25) is 4.79 Å². The number of nitrogens with one attached hydrogen (secondary N) is 1. The third kappa shape index (κ3) is 3.66. The zero-order chi connectivity index (χ0) is 30.8. The number of amides is 1. The molecular formula is C37H34N4O3S. The van der Waals surface area contributed by atoms with Crippen molar-refractivity contribution in [2.45, 2.75) is 57.1 Å². The van der Waals surface area contributed by atoms with Crippen LogP contribution < -0.4 is 9.46 Å². The lowest BCUT2D eigenvalue weighted by Gasteiger charge is -2.26. The summed E-state index contributed by atoms with van der Waals surface area (Å²) in [5, 5.41) is 4.44. The number of para-hydroxylation sites is 2. The number of allylic oxidation sites excluding steroid dienone is 1. The second-order valence-corrected chi connectivity index (χ2v) is 15.5. The highest BCUT2D eigenvalue weighted by molar-refractivity contribution is 7.84. The number of aromatic nitrogens is 2. The first kappa shape index (κ1) is 27.0. The van der Waals surface area contributed by atoms with Crippen molar-refractivity contribution in [1.29, 1.82) is 0 Å². The fraction of sp³-hybridized carbons (Fsp3) is 0.270. The SMILES string of the molecule is COc1ccc(CN2Cc3c(c4c5ccccc5n5c4c4c3c3ccccc3n4C3=C[C@H]5CC3NS(=O)C(C)(C)C)C2=O)cc1. The summed E-state index contributed by atoms with van der Waals surface area (Å²) in [6.45, 7) is 7.10. The fourth-order valence-electron chi connectivity index (χ4n) is 7.87. The predicted octanol–water partition coefficient (Wildman–Crippen LogP) is 7.29. The summed E-state index contributed by atoms with van der Waals surface area (Å²) in [7, 11) is 0.436. The summed E-state index contributed by atoms with van der Waals surface area (Å²) in [5.41, 5.74) is 8.62. The number of ether oxygens (including phenoxy) is 1. The number of fused-ring (bicyclic) bond motifs is 12. The predicted molar refractivity (Wildman–Crippen MR) is 182 cm³/mol. The summed E-state index contributed by atoms with van der Waals surface area (Å²) in [6, 6.07) is 25.0. The molecule has 45 heavy (non-hydrogen) atoms. The normalized spacial score (nSPS) is 19.7. The van der Waals surface area contributed by atoms with E-state index in [9.17, 15) is 9.00 Å². The Hall–Kier alpha value is -4.40. The minimum Gasteiger partial charge on any atom is -0.497 e. The maximum Gasteiger partial charge on any atom is 0.255 e. The molecule has 2 bridgehead atoms. The summed E-state index contributed by atoms with van der Waals surface area (Å²) in [6.07, 6.45) is 3.14. The van der Waals surface area contributed by atoms with E-state index in [2.05, 4.69) is 68.5 Å². The molecular weight excluding hydrogens is 580 g/mol. The van der Waals surface area contributed by atoms with Crippen LogP contribution in [0.25, 0.3) is 49.3 Å². The molecule has 0 radical (unpaired) electrons. The van der Waals surface area contributed by atoms with Gasteiger partial charge in [0.2, 0.25) is 0 Å². The van der Waals surface area contributed by atoms with Crippen molar-refractivity contribution in [3.63, 3.8) is 0 Å². The van der Waals surface area contributed by atoms with Crippen LogP contribution in [0, 0.1) is 0 Å². The van der Waals surface area contributed by atoms with Gasteiger partial charge in [-0.1, -0.05) is 48.5 Å². The van der Waals surface area contributed by atoms with Crippen LogP contribution in [0.5, 0.6) is 5.75 Å². The lowest BCUT2D eigenvalue weighted by Crippen LogP contribution is -2.40. The molecule has 2 unspecified atom stereocenters. The van der Waals surface area contributed by atoms with Crippen molar-refractivity contribution in [1.82, 2.24) is 18.8 Å². The first-order chi connectivity index (χ1) is 21.7. The maximum atomic E-state index is 14.5. The van der Waals surface area contributed by atoms with Crippen molar-refractivity contribution in [2.24, 2.45) is 0 Å². The average molecular weight is 615 g/mol. The smallest absolute Gasteiger partial charge is 0.255 e. The van der Waals surface area contributed by atoms with Gasteiger partial charge in [0.1, 0.15) is 5.75 Å². The van der Waals surface area contributed by atoms with E-state index in [-0.39, 0.29) is 22.7 Å². The Kier molecular flexibility index (Phi) is 5.58. The summed E-state index contributed by atoms with van der Waals surface area (Å²) in [5.74, 6) is 0.880. The van der Waals surface area contributed by atoms with E-state index in [0.29, 0.717) is 13.1 Å². The fourth-order valence-corrected chi connectivity index (χ4v) is 8.70. The number of methoxy groups -OCH3 is 1. The van der Waals surface area contributed by atoms with Crippen molar-refractivity contribution in [2.75, 3.05) is 7.11 Å². The Balaban J connectivity index is 1.34. The number of rotatable bonds is 5. The number of carbonyl (C=O) groups excluding carboxylic acids is 1. The molecule has 3 atom stereocenters. The molecule has 7 nitrogen and oxygen atoms in total. The molecule has 8 heteroatoms. The van der Waals surface area contributed by atoms with Crippen LogP contribution in [0.2, 0.25) is 0 Å². The quantitative estimate of drug-likeness (QED) is 0.222. The zero-order valence-corrected chi connectivity index (χ0v) is 26.6. The van der Waals surface area contributed by atoms with Gasteiger partial charge in [-0.2, -0.15) is 0 Å². The van der Waals surface area contributed by atoms with E-state index in [4.69, 9.17) is 4.74 Å². The number of benzene rings is 4. The van der Waals surface area contributed by atoms with Crippen molar-refractivity contribution >= 4 is 66.2 Å². The summed E-state index contributed by atoms with van der Waals surface area (Å²) < 4.78 is 26.8. The lowest BCUT2D eigenvalue weighted by molar-refractivity contribution is 0.0768. The van der Waals surface area contributed by atoms with E-state index in [0.717, 1.165) is 78.2 Å². The molecule has 4 aromatic carbocycles. The van der Waals surface area contributed by atoms with Crippen LogP contribution in [0.1, 0.15) is 54.7 Å². The number of hydrogen-bond acceptors (Lipinski definition) is 3. The van der Waals surface area contributed by atoms with E-state index < -0.39 is 11.0 Å². The highest BCUT2D eigenvalue weighted by Crippen LogP contribution is 2.52. The molecule has 4 heterocycles. The van der Waals surface area contributed by atoms with Gasteiger partial charge in [0.05, 0.1) is 57.0 Å². The third-order valence-electron chi connectivity index (χ3n) is 9.84. The molecule has 2 aliphatic heterocycles. The molecule has 1 N–H and O–H groups in total. The monoisotopic (exact) mass is 614 g/mol. The number of hydrogen-bond donors (Lipinski definition) is 1. The van der Waals surface area contributed by atoms with Crippen LogP contribution in [0.15, 0.2) is 78.9 Å². The minimum atomic E-state index is -1.23. The van der Waals surface area contributed by atoms with Gasteiger partial charge in [0, 0.05) is 45.8 Å². The Bertz CT molecular complexity index is 2300. The van der Waals surface area contributed by atoms with E-state index in [1.54, 1.807) is 7.11 Å². The van der Waals surface area contributed by atoms with Gasteiger partial charge in [0.25, 0.3) is 5.91 Å². The molecule has 1 aliphatic carbocycles. The summed E-state index contributed by atoms with van der Waals surface area (Å²) in [4.78, 5) is 16.5. The zero-order valence-electron chi connectivity index (χ0n) is 25.8. The molecule has 6 aromatic rings. The molecule has 0 saturated carbocycles. The van der Waals surface area contributed by atoms with E-state index >= 15 is 0 Å². The van der Waals surface area contributed by atoms with Crippen LogP contribution >= 0.6 is 0 Å². The number of carbonyl (C=O) groups is 1. The summed E-state index contributed by atoms with van der Waals surface area (Å²) >= 11 is 0. The highest BCUT2D eigenvalue weighted by atomic mass is 32.2. The standard InChI is InChI=1S/C37H34N4O3S/c1-37(2,3)45(43)38-27-17-22-18-30(27)41-29-12-8-5-9-24(29)31-26-20-39(19-21-13-15-23(44-4)16-14-21)36(42)33(26)32-25-10-6-7-11-28(25)40(22)35(32)34(31)41/h5-16,18,22,27,38H,17,19-20H2,1-4H3/t22-,27?,45?/m1/s1. The van der Waals surface area contributed by atoms with E-state index in [1.807, 2.05) is 49.9 Å². The van der Waals surface area contributed by atoms with Crippen LogP contribution in [-0.4, -0.2) is 42.0 Å². The Labute approximate surface area is 263 Å². The van der Waals surface area contributed by atoms with E-state index in [1.165, 1.54) is 0 Å². The third-order valence-corrected chi connectivity index (χ3v) is 11.4. The second-order valence-electron chi connectivity index (χ2n) is 13.5. The maximum absolute atomic E-state index is 14.5. The van der Waals surface area contributed by atoms with Crippen molar-refractivity contribution < 1.29 is 13.7 Å². The second kappa shape index (κ2) is 9.31. The Morgan fingerprint density at radius 3 is 2.31 bits per heavy atom. The van der Waals surface area contributed by atoms with Crippen molar-refractivity contribution in [3.8, 4) is 5.75 Å². The minimum absolute atomic E-state index is 0.0590. The van der Waals surface area contributed by atoms with Gasteiger partial charge in [0.15, 0.2) is 0 Å². The van der Waals surface area contributed by atoms with Gasteiger partial charge in [-0.15, -0.1) is 0 Å². The first-order valence-corrected chi connectivity index (χ1v) is 16.7. The first-order valence-electron chi connectivity index (χ1n) is 15.6. The Morgan fingerprint density at radius 1 is 0.911 bits per heavy atom. The largest absolute Gasteiger partial charge is 0.497 e. The van der Waals surface area contributed by atoms with Crippen LogP contribution in [0.4, 0.5) is 0 Å². The lowest BCUT2D eigenvalue weighted by atomic mass is 9.97. The Morgan fingerprint density at radius 2 is 1.60 bits per heavy atom. The molecule has 3 aliphatic rings. The molecule has 226 valence electrons. The molecule has 1 amide bonds. The van der Waals surface area contributed by atoms with Gasteiger partial charge in [-0.25, -0.2) is 8.93 Å². The molecule has 0 spiro atoms. The van der Waals surface area contributed by atoms with Crippen molar-refractivity contribution in [3.05, 3.63) is 95.6 Å². The van der Waals surface area contributed by atoms with Gasteiger partial charge >= 0.3 is 0 Å². The molecule has 9 rings (SSSR count). The molecule has 2 aromatic heterocycles. The van der Waals surface area contributed by atoms with Crippen LogP contribution in [0.3, 0.4) is 0 Å². The van der Waals surface area contributed by atoms with Crippen LogP contribution in [-0.2, 0) is 24.1 Å². The highest BCUT2D eigenvalue weighted by Gasteiger charge is 2.42.